The van der Waals surface area contributed by atoms with Gasteiger partial charge in [0.2, 0.25) is 0 Å². The maximum Gasteiger partial charge on any atom is 0.409 e. The molecule has 70 valence electrons. The van der Waals surface area contributed by atoms with E-state index in [-0.39, 0.29) is 6.61 Å². The van der Waals surface area contributed by atoms with Gasteiger partial charge in [0.25, 0.3) is 0 Å². The Kier molecular flexibility index (Phi) is 3.27. The summed E-state index contributed by atoms with van der Waals surface area (Å²) in [5.41, 5.74) is 0.940. The zero-order valence-electron chi connectivity index (χ0n) is 6.62. The summed E-state index contributed by atoms with van der Waals surface area (Å²) in [4.78, 5) is 10.3. The van der Waals surface area contributed by atoms with E-state index in [1.54, 1.807) is 18.2 Å². The molecule has 1 amide bonds. The molecule has 0 heterocycles. The SMILES string of the molecule is O=C(O)Nc1cc(Br)ccc1CO. The molecule has 1 rings (SSSR count). The van der Waals surface area contributed by atoms with Crippen molar-refractivity contribution in [1.29, 1.82) is 0 Å². The third-order valence-electron chi connectivity index (χ3n) is 1.48. The summed E-state index contributed by atoms with van der Waals surface area (Å²) >= 11 is 3.20. The highest BCUT2D eigenvalue weighted by Crippen LogP contribution is 2.21. The summed E-state index contributed by atoms with van der Waals surface area (Å²) in [7, 11) is 0. The van der Waals surface area contributed by atoms with Crippen LogP contribution in [0.4, 0.5) is 10.5 Å². The van der Waals surface area contributed by atoms with E-state index in [9.17, 15) is 4.79 Å². The van der Waals surface area contributed by atoms with Crippen LogP contribution in [0.5, 0.6) is 0 Å². The lowest BCUT2D eigenvalue weighted by Gasteiger charge is -2.06. The molecule has 0 radical (unpaired) electrons. The number of aliphatic hydroxyl groups excluding tert-OH is 1. The predicted octanol–water partition coefficient (Wildman–Crippen LogP) is 2.03. The highest BCUT2D eigenvalue weighted by atomic mass is 79.9. The second kappa shape index (κ2) is 4.25. The summed E-state index contributed by atoms with van der Waals surface area (Å²) in [6.07, 6.45) is -1.15. The van der Waals surface area contributed by atoms with Gasteiger partial charge in [0, 0.05) is 10.0 Å². The van der Waals surface area contributed by atoms with Crippen molar-refractivity contribution in [1.82, 2.24) is 0 Å². The Morgan fingerprint density at radius 3 is 2.77 bits per heavy atom. The second-order valence-corrected chi connectivity index (χ2v) is 3.31. The third kappa shape index (κ3) is 2.71. The highest BCUT2D eigenvalue weighted by molar-refractivity contribution is 9.10. The molecule has 0 fully saturated rings. The maximum absolute atomic E-state index is 10.3. The predicted molar refractivity (Wildman–Crippen MR) is 51.7 cm³/mol. The fourth-order valence-corrected chi connectivity index (χ4v) is 1.28. The van der Waals surface area contributed by atoms with Crippen molar-refractivity contribution >= 4 is 27.7 Å². The van der Waals surface area contributed by atoms with E-state index in [0.717, 1.165) is 4.47 Å². The van der Waals surface area contributed by atoms with Crippen LogP contribution in [0.3, 0.4) is 0 Å². The first-order valence-corrected chi connectivity index (χ1v) is 4.32. The Balaban J connectivity index is 3.01. The molecule has 0 atom stereocenters. The molecular weight excluding hydrogens is 238 g/mol. The van der Waals surface area contributed by atoms with Gasteiger partial charge in [0.15, 0.2) is 0 Å². The molecule has 5 heteroatoms. The van der Waals surface area contributed by atoms with Crippen molar-refractivity contribution in [2.75, 3.05) is 5.32 Å². The van der Waals surface area contributed by atoms with Gasteiger partial charge in [-0.05, 0) is 12.1 Å². The summed E-state index contributed by atoms with van der Waals surface area (Å²) in [6, 6.07) is 4.98. The van der Waals surface area contributed by atoms with E-state index in [4.69, 9.17) is 10.2 Å². The van der Waals surface area contributed by atoms with E-state index >= 15 is 0 Å². The highest BCUT2D eigenvalue weighted by Gasteiger charge is 2.04. The molecule has 13 heavy (non-hydrogen) atoms. The molecule has 0 unspecified atom stereocenters. The first-order chi connectivity index (χ1) is 6.13. The maximum atomic E-state index is 10.3. The van der Waals surface area contributed by atoms with E-state index in [1.165, 1.54) is 0 Å². The fraction of sp³-hybridized carbons (Fsp3) is 0.125. The van der Waals surface area contributed by atoms with Crippen molar-refractivity contribution in [3.05, 3.63) is 28.2 Å². The van der Waals surface area contributed by atoms with Crippen LogP contribution in [0.1, 0.15) is 5.56 Å². The molecule has 1 aromatic rings. The molecule has 1 aromatic carbocycles. The summed E-state index contributed by atoms with van der Waals surface area (Å²) in [5, 5.41) is 19.5. The molecule has 0 bridgehead atoms. The Labute approximate surface area is 83.3 Å². The van der Waals surface area contributed by atoms with Crippen molar-refractivity contribution in [3.8, 4) is 0 Å². The quantitative estimate of drug-likeness (QED) is 0.747. The Morgan fingerprint density at radius 2 is 2.23 bits per heavy atom. The van der Waals surface area contributed by atoms with Crippen LogP contribution in [0, 0.1) is 0 Å². The van der Waals surface area contributed by atoms with E-state index in [0.29, 0.717) is 11.3 Å². The number of halogens is 1. The number of nitrogens with one attached hydrogen (secondary N) is 1. The third-order valence-corrected chi connectivity index (χ3v) is 1.98. The van der Waals surface area contributed by atoms with Gasteiger partial charge in [-0.2, -0.15) is 0 Å². The minimum atomic E-state index is -1.15. The smallest absolute Gasteiger partial charge is 0.409 e. The van der Waals surface area contributed by atoms with Gasteiger partial charge in [0.1, 0.15) is 0 Å². The van der Waals surface area contributed by atoms with Crippen LogP contribution < -0.4 is 5.32 Å². The number of hydrogen-bond acceptors (Lipinski definition) is 2. The summed E-state index contributed by atoms with van der Waals surface area (Å²) < 4.78 is 0.758. The summed E-state index contributed by atoms with van der Waals surface area (Å²) in [6.45, 7) is -0.192. The van der Waals surface area contributed by atoms with E-state index in [1.807, 2.05) is 0 Å². The Bertz CT molecular complexity index is 327. The van der Waals surface area contributed by atoms with Gasteiger partial charge in [0.05, 0.1) is 12.3 Å². The zero-order chi connectivity index (χ0) is 9.84. The average molecular weight is 246 g/mol. The van der Waals surface area contributed by atoms with Gasteiger partial charge < -0.3 is 10.2 Å². The first-order valence-electron chi connectivity index (χ1n) is 3.52. The Morgan fingerprint density at radius 1 is 1.54 bits per heavy atom. The first kappa shape index (κ1) is 10.0. The van der Waals surface area contributed by atoms with Crippen molar-refractivity contribution in [2.24, 2.45) is 0 Å². The fourth-order valence-electron chi connectivity index (χ4n) is 0.918. The molecule has 0 saturated carbocycles. The monoisotopic (exact) mass is 245 g/mol. The van der Waals surface area contributed by atoms with Crippen LogP contribution in [0.25, 0.3) is 0 Å². The number of rotatable bonds is 2. The van der Waals surface area contributed by atoms with Gasteiger partial charge in [-0.25, -0.2) is 4.79 Å². The molecule has 0 aromatic heterocycles. The number of benzene rings is 1. The minimum Gasteiger partial charge on any atom is -0.465 e. The molecule has 3 N–H and O–H groups in total. The van der Waals surface area contributed by atoms with Gasteiger partial charge in [-0.3, -0.25) is 5.32 Å². The molecule has 0 saturated heterocycles. The molecule has 0 aliphatic carbocycles. The van der Waals surface area contributed by atoms with Gasteiger partial charge in [-0.1, -0.05) is 22.0 Å². The van der Waals surface area contributed by atoms with Crippen molar-refractivity contribution < 1.29 is 15.0 Å². The molecule has 0 spiro atoms. The number of hydrogen-bond donors (Lipinski definition) is 3. The molecular formula is C8H8BrNO3. The topological polar surface area (TPSA) is 69.6 Å². The van der Waals surface area contributed by atoms with Crippen LogP contribution in [-0.4, -0.2) is 16.3 Å². The number of anilines is 1. The molecule has 0 aliphatic rings. The lowest BCUT2D eigenvalue weighted by molar-refractivity contribution is 0.209. The zero-order valence-corrected chi connectivity index (χ0v) is 8.21. The lowest BCUT2D eigenvalue weighted by Crippen LogP contribution is -2.09. The van der Waals surface area contributed by atoms with Crippen LogP contribution in [0.2, 0.25) is 0 Å². The minimum absolute atomic E-state index is 0.192. The lowest BCUT2D eigenvalue weighted by atomic mass is 10.2. The number of carbonyl (C=O) groups is 1. The molecule has 0 aliphatic heterocycles. The van der Waals surface area contributed by atoms with Crippen LogP contribution in [-0.2, 0) is 6.61 Å². The number of aliphatic hydroxyl groups is 1. The Hall–Kier alpha value is -1.07. The van der Waals surface area contributed by atoms with Gasteiger partial charge in [-0.15, -0.1) is 0 Å². The van der Waals surface area contributed by atoms with Gasteiger partial charge >= 0.3 is 6.09 Å². The number of carboxylic acid groups (broad SMARTS) is 1. The van der Waals surface area contributed by atoms with Crippen molar-refractivity contribution in [2.45, 2.75) is 6.61 Å². The summed E-state index contributed by atoms with van der Waals surface area (Å²) in [5.74, 6) is 0. The number of amides is 1. The normalized spacial score (nSPS) is 9.69. The standard InChI is InChI=1S/C8H8BrNO3/c9-6-2-1-5(4-11)7(3-6)10-8(12)13/h1-3,10-11H,4H2,(H,12,13). The van der Waals surface area contributed by atoms with E-state index in [2.05, 4.69) is 21.2 Å². The van der Waals surface area contributed by atoms with E-state index < -0.39 is 6.09 Å². The second-order valence-electron chi connectivity index (χ2n) is 2.39. The van der Waals surface area contributed by atoms with Crippen molar-refractivity contribution in [3.63, 3.8) is 0 Å². The van der Waals surface area contributed by atoms with Crippen LogP contribution in [0.15, 0.2) is 22.7 Å². The molecule has 4 nitrogen and oxygen atoms in total. The average Bonchev–Trinajstić information content (AvgIpc) is 2.03. The van der Waals surface area contributed by atoms with Crippen LogP contribution >= 0.6 is 15.9 Å². The largest absolute Gasteiger partial charge is 0.465 e.